The van der Waals surface area contributed by atoms with E-state index >= 15 is 0 Å². The average molecular weight is 491 g/mol. The number of carbonyl (C=O) groups excluding carboxylic acids is 2. The molecule has 0 spiro atoms. The molecule has 190 valence electrons. The van der Waals surface area contributed by atoms with Crippen LogP contribution in [0.3, 0.4) is 0 Å². The van der Waals surface area contributed by atoms with Gasteiger partial charge in [-0.25, -0.2) is 9.59 Å². The SMILES string of the molecule is O=C(NCCCCNC(=O)Nc1cccc(C2=NCCCN2)c1)Nc1cccc(C2=NCCCN2)c1. The summed E-state index contributed by atoms with van der Waals surface area (Å²) in [7, 11) is 0. The molecule has 10 nitrogen and oxygen atoms in total. The van der Waals surface area contributed by atoms with Gasteiger partial charge in [0.15, 0.2) is 0 Å². The minimum atomic E-state index is -0.256. The lowest BCUT2D eigenvalue weighted by atomic mass is 10.1. The smallest absolute Gasteiger partial charge is 0.319 e. The monoisotopic (exact) mass is 490 g/mol. The zero-order valence-electron chi connectivity index (χ0n) is 20.4. The fraction of sp³-hybridized carbons (Fsp3) is 0.385. The van der Waals surface area contributed by atoms with E-state index in [0.717, 1.165) is 74.7 Å². The van der Waals surface area contributed by atoms with E-state index in [2.05, 4.69) is 41.9 Å². The van der Waals surface area contributed by atoms with E-state index in [0.29, 0.717) is 24.5 Å². The number of aliphatic imine (C=N–C) groups is 2. The summed E-state index contributed by atoms with van der Waals surface area (Å²) in [6, 6.07) is 14.8. The maximum absolute atomic E-state index is 12.2. The number of anilines is 2. The summed E-state index contributed by atoms with van der Waals surface area (Å²) in [6.07, 6.45) is 3.56. The summed E-state index contributed by atoms with van der Waals surface area (Å²) >= 11 is 0. The second-order valence-electron chi connectivity index (χ2n) is 8.65. The van der Waals surface area contributed by atoms with Crippen LogP contribution >= 0.6 is 0 Å². The van der Waals surface area contributed by atoms with Gasteiger partial charge in [0.05, 0.1) is 0 Å². The third-order valence-electron chi connectivity index (χ3n) is 5.76. The second kappa shape index (κ2) is 13.1. The summed E-state index contributed by atoms with van der Waals surface area (Å²) in [5, 5.41) is 18.0. The Morgan fingerprint density at radius 2 is 1.19 bits per heavy atom. The molecule has 0 saturated heterocycles. The van der Waals surface area contributed by atoms with Gasteiger partial charge < -0.3 is 31.9 Å². The van der Waals surface area contributed by atoms with Crippen molar-refractivity contribution in [3.8, 4) is 0 Å². The van der Waals surface area contributed by atoms with Gasteiger partial charge in [-0.3, -0.25) is 9.98 Å². The van der Waals surface area contributed by atoms with Crippen molar-refractivity contribution in [2.75, 3.05) is 49.9 Å². The first kappa shape index (κ1) is 25.0. The highest BCUT2D eigenvalue weighted by atomic mass is 16.2. The van der Waals surface area contributed by atoms with Crippen molar-refractivity contribution in [3.63, 3.8) is 0 Å². The van der Waals surface area contributed by atoms with E-state index in [9.17, 15) is 9.59 Å². The standard InChI is InChI=1S/C26H34N8O2/c35-25(33-21-9-3-7-19(17-21)23-27-13-5-14-28-23)31-11-1-2-12-32-26(36)34-22-10-4-8-20(18-22)24-29-15-6-16-30-24/h3-4,7-10,17-18H,1-2,5-6,11-16H2,(H,27,28)(H,29,30)(H2,31,33,35)(H2,32,34,36). The summed E-state index contributed by atoms with van der Waals surface area (Å²) < 4.78 is 0. The van der Waals surface area contributed by atoms with Crippen LogP contribution in [0.1, 0.15) is 36.8 Å². The number of unbranched alkanes of at least 4 members (excludes halogenated alkanes) is 1. The Balaban J connectivity index is 1.11. The van der Waals surface area contributed by atoms with E-state index in [1.165, 1.54) is 0 Å². The van der Waals surface area contributed by atoms with Crippen molar-refractivity contribution in [1.82, 2.24) is 21.3 Å². The molecule has 0 radical (unpaired) electrons. The summed E-state index contributed by atoms with van der Waals surface area (Å²) in [4.78, 5) is 33.4. The fourth-order valence-corrected chi connectivity index (χ4v) is 3.94. The topological polar surface area (TPSA) is 131 Å². The Kier molecular flexibility index (Phi) is 9.13. The molecule has 2 heterocycles. The molecule has 2 aliphatic rings. The van der Waals surface area contributed by atoms with E-state index in [4.69, 9.17) is 0 Å². The maximum Gasteiger partial charge on any atom is 0.319 e. The quantitative estimate of drug-likeness (QED) is 0.302. The Labute approximate surface area is 211 Å². The highest BCUT2D eigenvalue weighted by Gasteiger charge is 2.10. The van der Waals surface area contributed by atoms with Crippen LogP contribution in [0, 0.1) is 0 Å². The molecule has 2 aromatic carbocycles. The van der Waals surface area contributed by atoms with E-state index in [-0.39, 0.29) is 12.1 Å². The summed E-state index contributed by atoms with van der Waals surface area (Å²) in [5.74, 6) is 1.73. The molecule has 0 bridgehead atoms. The van der Waals surface area contributed by atoms with Gasteiger partial charge in [-0.15, -0.1) is 0 Å². The van der Waals surface area contributed by atoms with Crippen molar-refractivity contribution in [2.24, 2.45) is 9.98 Å². The summed E-state index contributed by atoms with van der Waals surface area (Å²) in [5.41, 5.74) is 3.36. The van der Waals surface area contributed by atoms with Gasteiger partial charge in [-0.2, -0.15) is 0 Å². The number of amides is 4. The zero-order valence-corrected chi connectivity index (χ0v) is 20.4. The van der Waals surface area contributed by atoms with Gasteiger partial charge in [0.25, 0.3) is 0 Å². The highest BCUT2D eigenvalue weighted by molar-refractivity contribution is 6.01. The number of amidine groups is 2. The predicted octanol–water partition coefficient (Wildman–Crippen LogP) is 2.89. The number of nitrogens with zero attached hydrogens (tertiary/aromatic N) is 2. The Morgan fingerprint density at radius 1 is 0.722 bits per heavy atom. The van der Waals surface area contributed by atoms with Gasteiger partial charge >= 0.3 is 12.1 Å². The third kappa shape index (κ3) is 7.72. The van der Waals surface area contributed by atoms with Crippen LogP contribution in [-0.4, -0.2) is 63.0 Å². The average Bonchev–Trinajstić information content (AvgIpc) is 2.92. The van der Waals surface area contributed by atoms with Crippen LogP contribution in [0.25, 0.3) is 0 Å². The number of hydrogen-bond donors (Lipinski definition) is 6. The maximum atomic E-state index is 12.2. The van der Waals surface area contributed by atoms with Crippen LogP contribution in [-0.2, 0) is 0 Å². The predicted molar refractivity (Wildman–Crippen MR) is 144 cm³/mol. The molecule has 4 amide bonds. The van der Waals surface area contributed by atoms with Crippen LogP contribution in [0.4, 0.5) is 21.0 Å². The van der Waals surface area contributed by atoms with E-state index in [1.807, 2.05) is 48.5 Å². The van der Waals surface area contributed by atoms with Crippen LogP contribution < -0.4 is 31.9 Å². The lowest BCUT2D eigenvalue weighted by Crippen LogP contribution is -2.32. The number of carbonyl (C=O) groups is 2. The van der Waals surface area contributed by atoms with Crippen molar-refractivity contribution >= 4 is 35.1 Å². The second-order valence-corrected chi connectivity index (χ2v) is 8.65. The van der Waals surface area contributed by atoms with Crippen LogP contribution in [0.5, 0.6) is 0 Å². The Hall–Kier alpha value is -4.08. The van der Waals surface area contributed by atoms with Gasteiger partial charge in [-0.05, 0) is 49.9 Å². The fourth-order valence-electron chi connectivity index (χ4n) is 3.94. The van der Waals surface area contributed by atoms with Crippen molar-refractivity contribution in [1.29, 1.82) is 0 Å². The van der Waals surface area contributed by atoms with Crippen molar-refractivity contribution in [2.45, 2.75) is 25.7 Å². The molecule has 10 heteroatoms. The highest BCUT2D eigenvalue weighted by Crippen LogP contribution is 2.13. The molecule has 0 fully saturated rings. The first-order valence-corrected chi connectivity index (χ1v) is 12.5. The molecule has 0 atom stereocenters. The van der Waals surface area contributed by atoms with E-state index in [1.54, 1.807) is 0 Å². The molecule has 2 aromatic rings. The number of rotatable bonds is 9. The summed E-state index contributed by atoms with van der Waals surface area (Å²) in [6.45, 7) is 4.49. The number of nitrogens with one attached hydrogen (secondary N) is 6. The molecule has 2 aliphatic heterocycles. The largest absolute Gasteiger partial charge is 0.370 e. The molecule has 0 aromatic heterocycles. The van der Waals surface area contributed by atoms with Crippen molar-refractivity contribution < 1.29 is 9.59 Å². The molecule has 6 N–H and O–H groups in total. The van der Waals surface area contributed by atoms with Gasteiger partial charge in [0, 0.05) is 61.8 Å². The first-order chi connectivity index (χ1) is 17.7. The molecule has 4 rings (SSSR count). The Morgan fingerprint density at radius 3 is 1.61 bits per heavy atom. The van der Waals surface area contributed by atoms with Crippen LogP contribution in [0.15, 0.2) is 58.5 Å². The minimum Gasteiger partial charge on any atom is -0.370 e. The number of hydrogen-bond acceptors (Lipinski definition) is 6. The molecule has 36 heavy (non-hydrogen) atoms. The van der Waals surface area contributed by atoms with Gasteiger partial charge in [0.1, 0.15) is 11.7 Å². The number of benzene rings is 2. The lowest BCUT2D eigenvalue weighted by molar-refractivity contribution is 0.250. The van der Waals surface area contributed by atoms with Gasteiger partial charge in [-0.1, -0.05) is 24.3 Å². The van der Waals surface area contributed by atoms with Crippen molar-refractivity contribution in [3.05, 3.63) is 59.7 Å². The minimum absolute atomic E-state index is 0.256. The molecule has 0 saturated carbocycles. The van der Waals surface area contributed by atoms with E-state index < -0.39 is 0 Å². The molecular formula is C26H34N8O2. The lowest BCUT2D eigenvalue weighted by Gasteiger charge is -2.15. The zero-order chi connectivity index (χ0) is 25.0. The Bertz CT molecular complexity index is 1030. The molecule has 0 aliphatic carbocycles. The normalized spacial score (nSPS) is 14.9. The first-order valence-electron chi connectivity index (χ1n) is 12.5. The van der Waals surface area contributed by atoms with Crippen LogP contribution in [0.2, 0.25) is 0 Å². The number of urea groups is 2. The van der Waals surface area contributed by atoms with Gasteiger partial charge in [0.2, 0.25) is 0 Å². The molecular weight excluding hydrogens is 456 g/mol. The third-order valence-corrected chi connectivity index (χ3v) is 5.76. The molecule has 0 unspecified atom stereocenters.